The van der Waals surface area contributed by atoms with E-state index in [-0.39, 0.29) is 24.4 Å². The molecule has 0 bridgehead atoms. The summed E-state index contributed by atoms with van der Waals surface area (Å²) in [5.41, 5.74) is 1.47. The van der Waals surface area contributed by atoms with E-state index in [0.717, 1.165) is 5.56 Å². The summed E-state index contributed by atoms with van der Waals surface area (Å²) >= 11 is 1.35. The summed E-state index contributed by atoms with van der Waals surface area (Å²) in [5, 5.41) is 4.64. The number of aryl methyl sites for hydroxylation is 1. The van der Waals surface area contributed by atoms with E-state index in [1.54, 1.807) is 55.8 Å². The number of carbonyl (C=O) groups excluding carboxylic acids is 2. The van der Waals surface area contributed by atoms with Crippen LogP contribution in [-0.4, -0.2) is 40.3 Å². The van der Waals surface area contributed by atoms with Gasteiger partial charge in [-0.2, -0.15) is 0 Å². The number of hydrogen-bond acceptors (Lipinski definition) is 6. The summed E-state index contributed by atoms with van der Waals surface area (Å²) in [6.45, 7) is 1.82. The number of thiophene rings is 1. The molecule has 2 amide bonds. The van der Waals surface area contributed by atoms with Crippen LogP contribution >= 0.6 is 11.3 Å². The Morgan fingerprint density at radius 3 is 2.63 bits per heavy atom. The smallest absolute Gasteiger partial charge is 0.321 e. The highest BCUT2D eigenvalue weighted by molar-refractivity contribution is 7.12. The van der Waals surface area contributed by atoms with Crippen molar-refractivity contribution in [3.8, 4) is 11.8 Å². The third-order valence-electron chi connectivity index (χ3n) is 3.68. The number of nitrogens with one attached hydrogen (secondary N) is 1. The highest BCUT2D eigenvalue weighted by Crippen LogP contribution is 2.24. The van der Waals surface area contributed by atoms with E-state index in [2.05, 4.69) is 15.3 Å². The third-order valence-corrected chi connectivity index (χ3v) is 4.54. The van der Waals surface area contributed by atoms with Crippen molar-refractivity contribution >= 4 is 28.8 Å². The fraction of sp³-hybridized carbons (Fsp3) is 0.158. The number of benzene rings is 1. The Kier molecular flexibility index (Phi) is 5.77. The summed E-state index contributed by atoms with van der Waals surface area (Å²) in [7, 11) is 1.60. The van der Waals surface area contributed by atoms with Crippen molar-refractivity contribution in [2.45, 2.75) is 6.92 Å². The first-order valence-corrected chi connectivity index (χ1v) is 9.05. The van der Waals surface area contributed by atoms with E-state index in [1.165, 1.54) is 16.2 Å². The molecule has 27 heavy (non-hydrogen) atoms. The zero-order chi connectivity index (χ0) is 19.2. The number of amides is 2. The lowest BCUT2D eigenvalue weighted by Gasteiger charge is -2.16. The standard InChI is InChI=1S/C19H18N4O3S/c1-13-11-14(26-19-20-8-4-9-21-19)6-7-15(13)22-17(24)12-23(2)18(25)16-5-3-10-27-16/h3-11H,12H2,1-2H3,(H,22,24). The maximum absolute atomic E-state index is 12.3. The molecule has 0 unspecified atom stereocenters. The number of likely N-dealkylation sites (N-methyl/N-ethyl adjacent to an activating group) is 1. The predicted molar refractivity (Wildman–Crippen MR) is 103 cm³/mol. The van der Waals surface area contributed by atoms with Crippen LogP contribution in [0.3, 0.4) is 0 Å². The highest BCUT2D eigenvalue weighted by atomic mass is 32.1. The molecule has 3 rings (SSSR count). The van der Waals surface area contributed by atoms with E-state index < -0.39 is 0 Å². The lowest BCUT2D eigenvalue weighted by molar-refractivity contribution is -0.116. The van der Waals surface area contributed by atoms with Crippen LogP contribution in [0.25, 0.3) is 0 Å². The van der Waals surface area contributed by atoms with Crippen LogP contribution in [0.5, 0.6) is 11.8 Å². The van der Waals surface area contributed by atoms with Crippen LogP contribution < -0.4 is 10.1 Å². The van der Waals surface area contributed by atoms with Gasteiger partial charge in [0, 0.05) is 25.1 Å². The minimum absolute atomic E-state index is 0.0354. The molecule has 0 spiro atoms. The molecule has 8 heteroatoms. The fourth-order valence-electron chi connectivity index (χ4n) is 2.35. The Hall–Kier alpha value is -3.26. The molecule has 138 valence electrons. The largest absolute Gasteiger partial charge is 0.424 e. The summed E-state index contributed by atoms with van der Waals surface area (Å²) in [6.07, 6.45) is 3.19. The molecule has 3 aromatic rings. The first kappa shape index (κ1) is 18.5. The lowest BCUT2D eigenvalue weighted by Crippen LogP contribution is -2.34. The number of anilines is 1. The minimum Gasteiger partial charge on any atom is -0.424 e. The normalized spacial score (nSPS) is 10.3. The van der Waals surface area contributed by atoms with Gasteiger partial charge < -0.3 is 15.0 Å². The lowest BCUT2D eigenvalue weighted by atomic mass is 10.2. The summed E-state index contributed by atoms with van der Waals surface area (Å²) in [6, 6.07) is 10.7. The first-order valence-electron chi connectivity index (χ1n) is 8.17. The Bertz CT molecular complexity index is 929. The molecule has 0 aliphatic carbocycles. The second kappa shape index (κ2) is 8.41. The van der Waals surface area contributed by atoms with Gasteiger partial charge in [-0.15, -0.1) is 11.3 Å². The zero-order valence-electron chi connectivity index (χ0n) is 14.9. The van der Waals surface area contributed by atoms with Crippen LogP contribution in [0.15, 0.2) is 54.2 Å². The van der Waals surface area contributed by atoms with Gasteiger partial charge in [-0.25, -0.2) is 9.97 Å². The topological polar surface area (TPSA) is 84.4 Å². The molecule has 2 heterocycles. The first-order chi connectivity index (χ1) is 13.0. The van der Waals surface area contributed by atoms with Gasteiger partial charge in [-0.1, -0.05) is 6.07 Å². The van der Waals surface area contributed by atoms with E-state index >= 15 is 0 Å². The van der Waals surface area contributed by atoms with Crippen LogP contribution in [0, 0.1) is 6.92 Å². The van der Waals surface area contributed by atoms with Gasteiger partial charge in [0.25, 0.3) is 5.91 Å². The molecular weight excluding hydrogens is 364 g/mol. The Labute approximate surface area is 160 Å². The average molecular weight is 382 g/mol. The SMILES string of the molecule is Cc1cc(Oc2ncccn2)ccc1NC(=O)CN(C)C(=O)c1cccs1. The molecule has 1 N–H and O–H groups in total. The van der Waals surface area contributed by atoms with Gasteiger partial charge in [-0.3, -0.25) is 9.59 Å². The van der Waals surface area contributed by atoms with Crippen molar-refractivity contribution < 1.29 is 14.3 Å². The molecule has 0 saturated heterocycles. The molecule has 0 aliphatic rings. The molecule has 2 aromatic heterocycles. The van der Waals surface area contributed by atoms with Gasteiger partial charge >= 0.3 is 6.01 Å². The third kappa shape index (κ3) is 4.89. The second-order valence-electron chi connectivity index (χ2n) is 5.80. The summed E-state index contributed by atoms with van der Waals surface area (Å²) in [5.74, 6) is 0.121. The van der Waals surface area contributed by atoms with Gasteiger partial charge in [0.1, 0.15) is 5.75 Å². The van der Waals surface area contributed by atoms with Gasteiger partial charge in [0.15, 0.2) is 0 Å². The number of aromatic nitrogens is 2. The zero-order valence-corrected chi connectivity index (χ0v) is 15.7. The number of carbonyl (C=O) groups is 2. The Balaban J connectivity index is 1.60. The van der Waals surface area contributed by atoms with Crippen molar-refractivity contribution in [1.29, 1.82) is 0 Å². The predicted octanol–water partition coefficient (Wildman–Crippen LogP) is 3.35. The number of nitrogens with zero attached hydrogens (tertiary/aromatic N) is 3. The molecule has 7 nitrogen and oxygen atoms in total. The van der Waals surface area contributed by atoms with Crippen molar-refractivity contribution in [3.05, 3.63) is 64.6 Å². The molecule has 0 radical (unpaired) electrons. The fourth-order valence-corrected chi connectivity index (χ4v) is 3.07. The highest BCUT2D eigenvalue weighted by Gasteiger charge is 2.16. The molecule has 0 atom stereocenters. The van der Waals surface area contributed by atoms with E-state index in [1.807, 2.05) is 12.3 Å². The summed E-state index contributed by atoms with van der Waals surface area (Å²) < 4.78 is 5.57. The molecular formula is C19H18N4O3S. The van der Waals surface area contributed by atoms with Crippen molar-refractivity contribution in [3.63, 3.8) is 0 Å². The number of rotatable bonds is 6. The van der Waals surface area contributed by atoms with Crippen LogP contribution in [0.4, 0.5) is 5.69 Å². The monoisotopic (exact) mass is 382 g/mol. The maximum atomic E-state index is 12.3. The number of ether oxygens (including phenoxy) is 1. The maximum Gasteiger partial charge on any atom is 0.321 e. The quantitative estimate of drug-likeness (QED) is 0.707. The van der Waals surface area contributed by atoms with Gasteiger partial charge in [0.2, 0.25) is 5.91 Å². The van der Waals surface area contributed by atoms with Crippen molar-refractivity contribution in [2.24, 2.45) is 0 Å². The Morgan fingerprint density at radius 1 is 1.19 bits per heavy atom. The van der Waals surface area contributed by atoms with Crippen molar-refractivity contribution in [2.75, 3.05) is 18.9 Å². The van der Waals surface area contributed by atoms with Crippen LogP contribution in [0.2, 0.25) is 0 Å². The van der Waals surface area contributed by atoms with E-state index in [4.69, 9.17) is 4.74 Å². The molecule has 0 aliphatic heterocycles. The van der Waals surface area contributed by atoms with Crippen LogP contribution in [0.1, 0.15) is 15.2 Å². The van der Waals surface area contributed by atoms with Crippen molar-refractivity contribution in [1.82, 2.24) is 14.9 Å². The molecule has 1 aromatic carbocycles. The number of hydrogen-bond donors (Lipinski definition) is 1. The summed E-state index contributed by atoms with van der Waals surface area (Å²) in [4.78, 5) is 34.5. The molecule has 0 saturated carbocycles. The van der Waals surface area contributed by atoms with Gasteiger partial charge in [0.05, 0.1) is 11.4 Å². The van der Waals surface area contributed by atoms with E-state index in [0.29, 0.717) is 16.3 Å². The van der Waals surface area contributed by atoms with Crippen LogP contribution in [-0.2, 0) is 4.79 Å². The van der Waals surface area contributed by atoms with E-state index in [9.17, 15) is 9.59 Å². The molecule has 0 fully saturated rings. The van der Waals surface area contributed by atoms with Gasteiger partial charge in [-0.05, 0) is 48.2 Å². The second-order valence-corrected chi connectivity index (χ2v) is 6.74. The Morgan fingerprint density at radius 2 is 1.96 bits per heavy atom. The minimum atomic E-state index is -0.273. The average Bonchev–Trinajstić information content (AvgIpc) is 3.19.